The maximum Gasteiger partial charge on any atom is 0.226 e. The highest BCUT2D eigenvalue weighted by Gasteiger charge is 2.17. The zero-order valence-electron chi connectivity index (χ0n) is 16.7. The average Bonchev–Trinajstić information content (AvgIpc) is 2.73. The van der Waals surface area contributed by atoms with E-state index in [4.69, 9.17) is 4.74 Å². The first-order valence-corrected chi connectivity index (χ1v) is 11.0. The maximum atomic E-state index is 12.6. The van der Waals surface area contributed by atoms with E-state index in [9.17, 15) is 9.59 Å². The van der Waals surface area contributed by atoms with E-state index in [0.29, 0.717) is 5.25 Å². The van der Waals surface area contributed by atoms with Gasteiger partial charge in [-0.25, -0.2) is 0 Å². The molecule has 2 N–H and O–H groups in total. The van der Waals surface area contributed by atoms with Crippen molar-refractivity contribution in [3.8, 4) is 0 Å². The van der Waals surface area contributed by atoms with Crippen molar-refractivity contribution in [2.75, 3.05) is 18.5 Å². The summed E-state index contributed by atoms with van der Waals surface area (Å²) in [5, 5.41) is 6.49. The van der Waals surface area contributed by atoms with Gasteiger partial charge in [-0.1, -0.05) is 42.5 Å². The number of anilines is 1. The molecule has 1 heterocycles. The first-order valence-electron chi connectivity index (χ1n) is 10.0. The Morgan fingerprint density at radius 2 is 1.86 bits per heavy atom. The van der Waals surface area contributed by atoms with E-state index < -0.39 is 0 Å². The predicted molar refractivity (Wildman–Crippen MR) is 118 cm³/mol. The highest BCUT2D eigenvalue weighted by Crippen LogP contribution is 2.26. The van der Waals surface area contributed by atoms with Gasteiger partial charge >= 0.3 is 0 Å². The van der Waals surface area contributed by atoms with Crippen molar-refractivity contribution in [3.63, 3.8) is 0 Å². The Kier molecular flexibility index (Phi) is 8.14. The molecule has 0 aromatic heterocycles. The third-order valence-corrected chi connectivity index (χ3v) is 6.28. The van der Waals surface area contributed by atoms with Gasteiger partial charge in [0, 0.05) is 36.8 Å². The van der Waals surface area contributed by atoms with Gasteiger partial charge in [0.15, 0.2) is 0 Å². The van der Waals surface area contributed by atoms with Crippen LogP contribution in [0.5, 0.6) is 0 Å². The number of amides is 2. The van der Waals surface area contributed by atoms with Crippen molar-refractivity contribution in [2.24, 2.45) is 0 Å². The standard InChI is InChI=1S/C23H28N2O3S/c1-17(26)24-22(19-7-3-2-4-8-19)15-23(27)25-20-9-5-6-18(14-20)16-29-21-10-12-28-13-11-21/h2-9,14,21-22H,10-13,15-16H2,1H3,(H,24,26)(H,25,27). The van der Waals surface area contributed by atoms with Crippen LogP contribution in [-0.2, 0) is 20.1 Å². The number of hydrogen-bond acceptors (Lipinski definition) is 4. The molecule has 0 saturated carbocycles. The minimum Gasteiger partial charge on any atom is -0.381 e. The highest BCUT2D eigenvalue weighted by atomic mass is 32.2. The van der Waals surface area contributed by atoms with Gasteiger partial charge in [-0.3, -0.25) is 9.59 Å². The molecule has 2 aromatic carbocycles. The van der Waals surface area contributed by atoms with Crippen LogP contribution in [0.4, 0.5) is 5.69 Å². The van der Waals surface area contributed by atoms with Crippen molar-refractivity contribution >= 4 is 29.3 Å². The molecule has 1 fully saturated rings. The number of carbonyl (C=O) groups excluding carboxylic acids is 2. The van der Waals surface area contributed by atoms with Crippen molar-refractivity contribution in [1.29, 1.82) is 0 Å². The summed E-state index contributed by atoms with van der Waals surface area (Å²) in [6.45, 7) is 3.17. The Hall–Kier alpha value is -2.31. The second kappa shape index (κ2) is 11.0. The third kappa shape index (κ3) is 7.22. The molecule has 5 nitrogen and oxygen atoms in total. The van der Waals surface area contributed by atoms with E-state index in [1.54, 1.807) is 0 Å². The summed E-state index contributed by atoms with van der Waals surface area (Å²) >= 11 is 1.95. The van der Waals surface area contributed by atoms with Crippen LogP contribution in [0.15, 0.2) is 54.6 Å². The van der Waals surface area contributed by atoms with Crippen molar-refractivity contribution in [3.05, 3.63) is 65.7 Å². The second-order valence-electron chi connectivity index (χ2n) is 7.24. The van der Waals surface area contributed by atoms with E-state index in [0.717, 1.165) is 43.1 Å². The Balaban J connectivity index is 1.56. The Morgan fingerprint density at radius 3 is 2.59 bits per heavy atom. The van der Waals surface area contributed by atoms with Gasteiger partial charge in [0.2, 0.25) is 11.8 Å². The van der Waals surface area contributed by atoms with Crippen LogP contribution < -0.4 is 10.6 Å². The molecule has 1 saturated heterocycles. The zero-order chi connectivity index (χ0) is 20.5. The molecule has 6 heteroatoms. The SMILES string of the molecule is CC(=O)NC(CC(=O)Nc1cccc(CSC2CCOCC2)c1)c1ccccc1. The van der Waals surface area contributed by atoms with Crippen LogP contribution in [0.1, 0.15) is 43.4 Å². The molecule has 29 heavy (non-hydrogen) atoms. The lowest BCUT2D eigenvalue weighted by atomic mass is 10.0. The second-order valence-corrected chi connectivity index (χ2v) is 8.53. The van der Waals surface area contributed by atoms with E-state index in [1.807, 2.05) is 60.3 Å². The predicted octanol–water partition coefficient (Wildman–Crippen LogP) is 4.30. The van der Waals surface area contributed by atoms with E-state index in [2.05, 4.69) is 16.7 Å². The molecular formula is C23H28N2O3S. The Labute approximate surface area is 176 Å². The lowest BCUT2D eigenvalue weighted by molar-refractivity contribution is -0.120. The fourth-order valence-corrected chi connectivity index (χ4v) is 4.51. The Morgan fingerprint density at radius 1 is 1.10 bits per heavy atom. The molecule has 2 amide bonds. The largest absolute Gasteiger partial charge is 0.381 e. The minimum atomic E-state index is -0.346. The molecule has 2 aromatic rings. The fraction of sp³-hybridized carbons (Fsp3) is 0.391. The first kappa shape index (κ1) is 21.4. The summed E-state index contributed by atoms with van der Waals surface area (Å²) in [5.74, 6) is 0.646. The molecule has 1 unspecified atom stereocenters. The molecule has 0 radical (unpaired) electrons. The molecule has 1 aliphatic rings. The van der Waals surface area contributed by atoms with Gasteiger partial charge in [-0.15, -0.1) is 0 Å². The quantitative estimate of drug-likeness (QED) is 0.678. The fourth-order valence-electron chi connectivity index (χ4n) is 3.38. The van der Waals surface area contributed by atoms with Crippen LogP contribution in [0.3, 0.4) is 0 Å². The number of carbonyl (C=O) groups is 2. The summed E-state index contributed by atoms with van der Waals surface area (Å²) in [6.07, 6.45) is 2.39. The number of benzene rings is 2. The normalized spacial score (nSPS) is 15.5. The van der Waals surface area contributed by atoms with Gasteiger partial charge in [0.25, 0.3) is 0 Å². The summed E-state index contributed by atoms with van der Waals surface area (Å²) in [6, 6.07) is 17.2. The van der Waals surface area contributed by atoms with Crippen LogP contribution in [-0.4, -0.2) is 30.3 Å². The van der Waals surface area contributed by atoms with Gasteiger partial charge in [-0.2, -0.15) is 11.8 Å². The van der Waals surface area contributed by atoms with Crippen molar-refractivity contribution in [1.82, 2.24) is 5.32 Å². The molecule has 0 bridgehead atoms. The summed E-state index contributed by atoms with van der Waals surface area (Å²) in [5.41, 5.74) is 2.90. The van der Waals surface area contributed by atoms with Gasteiger partial charge in [0.05, 0.1) is 12.5 Å². The summed E-state index contributed by atoms with van der Waals surface area (Å²) in [7, 11) is 0. The Bertz CT molecular complexity index is 807. The topological polar surface area (TPSA) is 67.4 Å². The zero-order valence-corrected chi connectivity index (χ0v) is 17.5. The van der Waals surface area contributed by atoms with Gasteiger partial charge in [0.1, 0.15) is 0 Å². The monoisotopic (exact) mass is 412 g/mol. The number of rotatable bonds is 8. The highest BCUT2D eigenvalue weighted by molar-refractivity contribution is 7.99. The lowest BCUT2D eigenvalue weighted by Crippen LogP contribution is -2.29. The lowest BCUT2D eigenvalue weighted by Gasteiger charge is -2.21. The molecule has 0 aliphatic carbocycles. The smallest absolute Gasteiger partial charge is 0.226 e. The molecule has 154 valence electrons. The molecule has 1 aliphatic heterocycles. The number of hydrogen-bond donors (Lipinski definition) is 2. The van der Waals surface area contributed by atoms with Crippen LogP contribution >= 0.6 is 11.8 Å². The van der Waals surface area contributed by atoms with Crippen molar-refractivity contribution < 1.29 is 14.3 Å². The van der Waals surface area contributed by atoms with Crippen molar-refractivity contribution in [2.45, 2.75) is 43.2 Å². The van der Waals surface area contributed by atoms with Crippen LogP contribution in [0.2, 0.25) is 0 Å². The number of thioether (sulfide) groups is 1. The number of ether oxygens (including phenoxy) is 1. The third-order valence-electron chi connectivity index (χ3n) is 4.83. The minimum absolute atomic E-state index is 0.123. The summed E-state index contributed by atoms with van der Waals surface area (Å²) < 4.78 is 5.42. The van der Waals surface area contributed by atoms with Gasteiger partial charge in [-0.05, 0) is 36.1 Å². The molecule has 1 atom stereocenters. The molecule has 0 spiro atoms. The molecular weight excluding hydrogens is 384 g/mol. The first-order chi connectivity index (χ1) is 14.1. The molecule has 3 rings (SSSR count). The van der Waals surface area contributed by atoms with Gasteiger partial charge < -0.3 is 15.4 Å². The van der Waals surface area contributed by atoms with E-state index in [1.165, 1.54) is 12.5 Å². The maximum absolute atomic E-state index is 12.6. The van der Waals surface area contributed by atoms with E-state index in [-0.39, 0.29) is 24.3 Å². The summed E-state index contributed by atoms with van der Waals surface area (Å²) in [4.78, 5) is 24.2. The van der Waals surface area contributed by atoms with E-state index >= 15 is 0 Å². The average molecular weight is 413 g/mol. The number of nitrogens with one attached hydrogen (secondary N) is 2. The van der Waals surface area contributed by atoms with Crippen LogP contribution in [0, 0.1) is 0 Å². The van der Waals surface area contributed by atoms with Crippen LogP contribution in [0.25, 0.3) is 0 Å².